The molecule has 0 aromatic heterocycles. The Labute approximate surface area is 236 Å². The van der Waals surface area contributed by atoms with E-state index in [0.717, 1.165) is 12.8 Å². The molecule has 41 heavy (non-hydrogen) atoms. The Bertz CT molecular complexity index is 1230. The molecule has 0 amide bonds. The van der Waals surface area contributed by atoms with Crippen molar-refractivity contribution in [3.05, 3.63) is 65.7 Å². The number of hydrogen-bond donors (Lipinski definition) is 4. The zero-order valence-electron chi connectivity index (χ0n) is 22.3. The summed E-state index contributed by atoms with van der Waals surface area (Å²) in [4.78, 5) is 41.4. The van der Waals surface area contributed by atoms with Gasteiger partial charge in [0.05, 0.1) is 5.56 Å². The summed E-state index contributed by atoms with van der Waals surface area (Å²) < 4.78 is 21.8. The van der Waals surface area contributed by atoms with Gasteiger partial charge in [-0.15, -0.1) is 0 Å². The van der Waals surface area contributed by atoms with Crippen LogP contribution in [-0.2, 0) is 28.5 Å². The van der Waals surface area contributed by atoms with E-state index in [1.165, 1.54) is 24.3 Å². The highest BCUT2D eigenvalue weighted by atomic mass is 16.7. The molecule has 5 rings (SSSR count). The van der Waals surface area contributed by atoms with Crippen LogP contribution in [0.3, 0.4) is 0 Å². The average Bonchev–Trinajstić information content (AvgIpc) is 3.16. The van der Waals surface area contributed by atoms with Crippen molar-refractivity contribution in [1.29, 1.82) is 0 Å². The molecule has 12 nitrogen and oxygen atoms in total. The van der Waals surface area contributed by atoms with Gasteiger partial charge in [0.15, 0.2) is 6.10 Å². The van der Waals surface area contributed by atoms with Crippen molar-refractivity contribution < 1.29 is 53.8 Å². The molecular formula is C29H33NO11. The number of aliphatic hydroxyl groups is 3. The number of benzene rings is 2. The third-order valence-electron chi connectivity index (χ3n) is 8.02. The number of esters is 3. The molecule has 2 bridgehead atoms. The number of phenolic OH excluding ortho intramolecular Hbond substituents is 1. The number of aromatic hydroxyl groups is 1. The topological polar surface area (TPSA) is 172 Å². The quantitative estimate of drug-likeness (QED) is 0.273. The second-order valence-corrected chi connectivity index (χ2v) is 10.7. The van der Waals surface area contributed by atoms with E-state index >= 15 is 0 Å². The van der Waals surface area contributed by atoms with E-state index in [1.807, 2.05) is 0 Å². The van der Waals surface area contributed by atoms with Gasteiger partial charge in [-0.2, -0.15) is 0 Å². The van der Waals surface area contributed by atoms with Crippen LogP contribution in [0.1, 0.15) is 47.7 Å². The Morgan fingerprint density at radius 1 is 0.878 bits per heavy atom. The van der Waals surface area contributed by atoms with Gasteiger partial charge in [0.25, 0.3) is 0 Å². The van der Waals surface area contributed by atoms with Crippen LogP contribution >= 0.6 is 0 Å². The number of fused-ring (bicyclic) bond motifs is 2. The molecule has 3 aliphatic heterocycles. The van der Waals surface area contributed by atoms with Crippen molar-refractivity contribution in [1.82, 2.24) is 4.90 Å². The fourth-order valence-corrected chi connectivity index (χ4v) is 5.66. The number of ether oxygens (including phenoxy) is 4. The standard InChI is InChI=1S/C29H33NO11/c1-30-17-9-10-18(30)14-20(13-17)38-27(36)24(15-5-3-2-4-6-15)39-28(37)25-22(33)21(32)23(34)29(40-25)41-26(35)16-7-11-19(31)12-8-16/h2-8,11-12,17-18,20-25,29,31-34H,9-10,13-14H2,1H3/t17?,18?,20?,21-,22-,23+,24?,25-,29-/m0/s1. The molecule has 3 fully saturated rings. The predicted octanol–water partition coefficient (Wildman–Crippen LogP) is 0.809. The van der Waals surface area contributed by atoms with Crippen molar-refractivity contribution in [2.45, 2.75) is 80.7 Å². The van der Waals surface area contributed by atoms with Crippen molar-refractivity contribution in [2.75, 3.05) is 7.05 Å². The monoisotopic (exact) mass is 571 g/mol. The normalized spacial score (nSPS) is 32.1. The largest absolute Gasteiger partial charge is 0.508 e. The molecule has 220 valence electrons. The van der Waals surface area contributed by atoms with Crippen LogP contribution in [0.5, 0.6) is 5.75 Å². The van der Waals surface area contributed by atoms with Crippen LogP contribution < -0.4 is 0 Å². The fourth-order valence-electron chi connectivity index (χ4n) is 5.66. The van der Waals surface area contributed by atoms with E-state index in [2.05, 4.69) is 11.9 Å². The number of piperidine rings is 1. The van der Waals surface area contributed by atoms with Gasteiger partial charge >= 0.3 is 17.9 Å². The minimum Gasteiger partial charge on any atom is -0.508 e. The zero-order chi connectivity index (χ0) is 29.3. The van der Waals surface area contributed by atoms with Gasteiger partial charge in [-0.1, -0.05) is 30.3 Å². The molecule has 2 aromatic rings. The van der Waals surface area contributed by atoms with Crippen molar-refractivity contribution in [3.8, 4) is 5.75 Å². The fraction of sp³-hybridized carbons (Fsp3) is 0.483. The molecule has 0 saturated carbocycles. The molecule has 3 saturated heterocycles. The summed E-state index contributed by atoms with van der Waals surface area (Å²) in [6.07, 6.45) is -8.05. The summed E-state index contributed by atoms with van der Waals surface area (Å²) in [6, 6.07) is 13.8. The van der Waals surface area contributed by atoms with Gasteiger partial charge in [0.1, 0.15) is 30.2 Å². The van der Waals surface area contributed by atoms with E-state index in [-0.39, 0.29) is 17.4 Å². The smallest absolute Gasteiger partial charge is 0.352 e. The van der Waals surface area contributed by atoms with Gasteiger partial charge in [-0.05, 0) is 57.0 Å². The summed E-state index contributed by atoms with van der Waals surface area (Å²) in [5.41, 5.74) is 0.315. The molecule has 4 N–H and O–H groups in total. The molecule has 3 heterocycles. The number of carbonyl (C=O) groups excluding carboxylic acids is 3. The van der Waals surface area contributed by atoms with E-state index in [1.54, 1.807) is 30.3 Å². The number of phenols is 1. The first-order valence-electron chi connectivity index (χ1n) is 13.5. The lowest BCUT2D eigenvalue weighted by Crippen LogP contribution is -2.61. The summed E-state index contributed by atoms with van der Waals surface area (Å²) >= 11 is 0. The Morgan fingerprint density at radius 3 is 2.15 bits per heavy atom. The Kier molecular flexibility index (Phi) is 8.57. The van der Waals surface area contributed by atoms with Crippen LogP contribution in [0, 0.1) is 0 Å². The van der Waals surface area contributed by atoms with Crippen LogP contribution in [0.4, 0.5) is 0 Å². The molecule has 8 atom stereocenters. The SMILES string of the molecule is CN1C2CCC1CC(OC(=O)C(OC(=O)[C@H]1O[C@@H](OC(=O)c3ccc(O)cc3)[C@H](O)[C@@H](O)[C@@H]1O)c1ccccc1)C2. The third-order valence-corrected chi connectivity index (χ3v) is 8.02. The minimum atomic E-state index is -1.96. The van der Waals surface area contributed by atoms with Gasteiger partial charge in [-0.3, -0.25) is 0 Å². The van der Waals surface area contributed by atoms with Gasteiger partial charge in [-0.25, -0.2) is 14.4 Å². The number of hydrogen-bond acceptors (Lipinski definition) is 12. The van der Waals surface area contributed by atoms with Crippen LogP contribution in [0.15, 0.2) is 54.6 Å². The van der Waals surface area contributed by atoms with Crippen LogP contribution in [-0.4, -0.2) is 99.2 Å². The minimum absolute atomic E-state index is 0.00688. The maximum Gasteiger partial charge on any atom is 0.352 e. The highest BCUT2D eigenvalue weighted by molar-refractivity contribution is 5.89. The zero-order valence-corrected chi connectivity index (χ0v) is 22.3. The van der Waals surface area contributed by atoms with Gasteiger partial charge in [0, 0.05) is 17.6 Å². The van der Waals surface area contributed by atoms with E-state index in [0.29, 0.717) is 30.5 Å². The average molecular weight is 572 g/mol. The van der Waals surface area contributed by atoms with Crippen molar-refractivity contribution in [2.24, 2.45) is 0 Å². The van der Waals surface area contributed by atoms with E-state index in [4.69, 9.17) is 18.9 Å². The molecule has 2 aromatic carbocycles. The molecule has 0 spiro atoms. The first-order chi connectivity index (χ1) is 19.6. The highest BCUT2D eigenvalue weighted by Crippen LogP contribution is 2.36. The molecule has 0 aliphatic carbocycles. The van der Waals surface area contributed by atoms with Crippen LogP contribution in [0.25, 0.3) is 0 Å². The second kappa shape index (κ2) is 12.1. The molecular weight excluding hydrogens is 538 g/mol. The maximum atomic E-state index is 13.3. The van der Waals surface area contributed by atoms with Crippen molar-refractivity contribution >= 4 is 17.9 Å². The lowest BCUT2D eigenvalue weighted by Gasteiger charge is -2.39. The van der Waals surface area contributed by atoms with Gasteiger partial charge in [0.2, 0.25) is 12.4 Å². The van der Waals surface area contributed by atoms with E-state index < -0.39 is 54.7 Å². The number of carbonyl (C=O) groups is 3. The van der Waals surface area contributed by atoms with Crippen molar-refractivity contribution in [3.63, 3.8) is 0 Å². The van der Waals surface area contributed by atoms with Gasteiger partial charge < -0.3 is 44.3 Å². The highest BCUT2D eigenvalue weighted by Gasteiger charge is 2.50. The Balaban J connectivity index is 1.29. The summed E-state index contributed by atoms with van der Waals surface area (Å²) in [7, 11) is 2.06. The second-order valence-electron chi connectivity index (χ2n) is 10.7. The third kappa shape index (κ3) is 6.21. The molecule has 3 unspecified atom stereocenters. The Hall–Kier alpha value is -3.55. The summed E-state index contributed by atoms with van der Waals surface area (Å²) in [6.45, 7) is 0. The summed E-state index contributed by atoms with van der Waals surface area (Å²) in [5.74, 6) is -3.10. The van der Waals surface area contributed by atoms with Crippen LogP contribution in [0.2, 0.25) is 0 Å². The molecule has 12 heteroatoms. The molecule has 3 aliphatic rings. The number of rotatable bonds is 7. The molecule has 0 radical (unpaired) electrons. The lowest BCUT2D eigenvalue weighted by molar-refractivity contribution is -0.281. The first-order valence-corrected chi connectivity index (χ1v) is 13.5. The lowest BCUT2D eigenvalue weighted by atomic mass is 9.98. The number of nitrogens with zero attached hydrogens (tertiary/aromatic N) is 1. The first kappa shape index (κ1) is 29.0. The predicted molar refractivity (Wildman–Crippen MR) is 139 cm³/mol. The summed E-state index contributed by atoms with van der Waals surface area (Å²) in [5, 5.41) is 40.7. The number of aliphatic hydroxyl groups excluding tert-OH is 3. The Morgan fingerprint density at radius 2 is 1.51 bits per heavy atom. The van der Waals surface area contributed by atoms with E-state index in [9.17, 15) is 34.8 Å². The maximum absolute atomic E-state index is 13.3.